The van der Waals surface area contributed by atoms with Crippen LogP contribution in [0.3, 0.4) is 0 Å². The second-order valence-electron chi connectivity index (χ2n) is 7.75. The van der Waals surface area contributed by atoms with Crippen LogP contribution < -0.4 is 18.6 Å². The van der Waals surface area contributed by atoms with Crippen LogP contribution in [0.25, 0.3) is 0 Å². The minimum absolute atomic E-state index is 0.646. The highest BCUT2D eigenvalue weighted by atomic mass is 32.2. The van der Waals surface area contributed by atoms with Crippen LogP contribution in [0.1, 0.15) is 11.1 Å². The Morgan fingerprint density at radius 2 is 1.55 bits per heavy atom. The Hall–Kier alpha value is -3.34. The molecule has 0 aromatic heterocycles. The maximum absolute atomic E-state index is 8.88. The molecule has 3 aromatic rings. The van der Waals surface area contributed by atoms with Crippen LogP contribution in [0.2, 0.25) is 0 Å². The summed E-state index contributed by atoms with van der Waals surface area (Å²) in [6.45, 7) is 4.86. The van der Waals surface area contributed by atoms with E-state index in [1.807, 2.05) is 30.3 Å². The van der Waals surface area contributed by atoms with Gasteiger partial charge in [-0.15, -0.1) is 0 Å². The Morgan fingerprint density at radius 1 is 0.848 bits per heavy atom. The Bertz CT molecular complexity index is 1090. The van der Waals surface area contributed by atoms with E-state index < -0.39 is 0 Å². The van der Waals surface area contributed by atoms with Gasteiger partial charge in [-0.25, -0.2) is 0 Å². The fourth-order valence-corrected chi connectivity index (χ4v) is 4.35. The van der Waals surface area contributed by atoms with Gasteiger partial charge in [0.1, 0.15) is 5.75 Å². The molecule has 0 amide bonds. The van der Waals surface area contributed by atoms with E-state index in [-0.39, 0.29) is 0 Å². The van der Waals surface area contributed by atoms with Crippen molar-refractivity contribution in [2.75, 3.05) is 45.3 Å². The monoisotopic (exact) mass is 461 g/mol. The lowest BCUT2D eigenvalue weighted by Crippen LogP contribution is -2.45. The van der Waals surface area contributed by atoms with Crippen molar-refractivity contribution in [1.82, 2.24) is 4.90 Å². The molecule has 6 nitrogen and oxygen atoms in total. The summed E-state index contributed by atoms with van der Waals surface area (Å²) in [5.74, 6) is 2.34. The zero-order valence-electron chi connectivity index (χ0n) is 18.9. The smallest absolute Gasteiger partial charge is 0.161 e. The molecule has 0 spiro atoms. The average molecular weight is 462 g/mol. The van der Waals surface area contributed by atoms with Crippen LogP contribution in [-0.2, 0) is 6.54 Å². The first-order chi connectivity index (χ1) is 16.2. The molecular formula is C26H27N3O3S. The Morgan fingerprint density at radius 3 is 2.18 bits per heavy atom. The minimum Gasteiger partial charge on any atom is -0.493 e. The van der Waals surface area contributed by atoms with Crippen LogP contribution in [-0.4, -0.2) is 45.3 Å². The summed E-state index contributed by atoms with van der Waals surface area (Å²) in [4.78, 5) is 5.83. The summed E-state index contributed by atoms with van der Waals surface area (Å²) < 4.78 is 16.6. The number of rotatable bonds is 8. The molecule has 3 aromatic carbocycles. The lowest BCUT2D eigenvalue weighted by molar-refractivity contribution is 0.249. The lowest BCUT2D eigenvalue weighted by atomic mass is 10.1. The lowest BCUT2D eigenvalue weighted by Gasteiger charge is -2.36. The van der Waals surface area contributed by atoms with Crippen molar-refractivity contribution in [3.8, 4) is 23.3 Å². The standard InChI is InChI=1S/C26H27N3O3S/c1-30-25-12-5-21(17-26(25)31-2)19-28-13-15-29(16-14-28)22-6-8-23(9-7-22)32-33-24-10-3-20(18-27)4-11-24/h3-12,17H,13-16,19H2,1-2H3. The van der Waals surface area contributed by atoms with Crippen LogP contribution in [0.5, 0.6) is 17.2 Å². The van der Waals surface area contributed by atoms with Gasteiger partial charge in [0, 0.05) is 43.3 Å². The highest BCUT2D eigenvalue weighted by Crippen LogP contribution is 2.29. The van der Waals surface area contributed by atoms with Gasteiger partial charge in [0.15, 0.2) is 11.5 Å². The van der Waals surface area contributed by atoms with E-state index in [1.165, 1.54) is 23.3 Å². The summed E-state index contributed by atoms with van der Waals surface area (Å²) in [5, 5.41) is 8.88. The molecule has 0 radical (unpaired) electrons. The third kappa shape index (κ3) is 5.92. The average Bonchev–Trinajstić information content (AvgIpc) is 2.88. The summed E-state index contributed by atoms with van der Waals surface area (Å²) >= 11 is 1.29. The van der Waals surface area contributed by atoms with Gasteiger partial charge in [-0.05, 0) is 66.2 Å². The molecule has 170 valence electrons. The predicted molar refractivity (Wildman–Crippen MR) is 131 cm³/mol. The van der Waals surface area contributed by atoms with Crippen molar-refractivity contribution in [2.24, 2.45) is 0 Å². The number of anilines is 1. The van der Waals surface area contributed by atoms with Crippen molar-refractivity contribution in [3.05, 3.63) is 77.9 Å². The summed E-state index contributed by atoms with van der Waals surface area (Å²) in [6.07, 6.45) is 0. The Labute approximate surface area is 199 Å². The van der Waals surface area contributed by atoms with Crippen molar-refractivity contribution >= 4 is 17.7 Å². The van der Waals surface area contributed by atoms with Gasteiger partial charge in [-0.3, -0.25) is 4.90 Å². The molecule has 1 aliphatic heterocycles. The van der Waals surface area contributed by atoms with Crippen LogP contribution >= 0.6 is 12.0 Å². The second-order valence-corrected chi connectivity index (χ2v) is 8.55. The fourth-order valence-electron chi connectivity index (χ4n) is 3.80. The van der Waals surface area contributed by atoms with E-state index in [0.29, 0.717) is 5.56 Å². The molecule has 0 atom stereocenters. The topological polar surface area (TPSA) is 58.0 Å². The first-order valence-corrected chi connectivity index (χ1v) is 11.6. The molecule has 0 aliphatic carbocycles. The number of nitrogens with zero attached hydrogens (tertiary/aromatic N) is 3. The SMILES string of the molecule is COc1ccc(CN2CCN(c3ccc(OSc4ccc(C#N)cc4)cc3)CC2)cc1OC. The summed E-state index contributed by atoms with van der Waals surface area (Å²) in [6, 6.07) is 23.8. The van der Waals surface area contributed by atoms with Gasteiger partial charge in [0.25, 0.3) is 0 Å². The quantitative estimate of drug-likeness (QED) is 0.438. The zero-order chi connectivity index (χ0) is 23.0. The fraction of sp³-hybridized carbons (Fsp3) is 0.269. The normalized spacial score (nSPS) is 13.9. The highest BCUT2D eigenvalue weighted by Gasteiger charge is 2.18. The molecule has 1 saturated heterocycles. The number of ether oxygens (including phenoxy) is 2. The van der Waals surface area contributed by atoms with Crippen LogP contribution in [0.15, 0.2) is 71.6 Å². The van der Waals surface area contributed by atoms with Gasteiger partial charge in [-0.2, -0.15) is 5.26 Å². The molecule has 1 fully saturated rings. The Balaban J connectivity index is 1.27. The van der Waals surface area contributed by atoms with Crippen molar-refractivity contribution in [1.29, 1.82) is 5.26 Å². The van der Waals surface area contributed by atoms with E-state index in [0.717, 1.165) is 54.9 Å². The highest BCUT2D eigenvalue weighted by molar-refractivity contribution is 7.95. The molecule has 0 saturated carbocycles. The minimum atomic E-state index is 0.646. The molecule has 1 aliphatic rings. The van der Waals surface area contributed by atoms with Crippen molar-refractivity contribution in [2.45, 2.75) is 11.4 Å². The number of nitriles is 1. The van der Waals surface area contributed by atoms with Crippen molar-refractivity contribution in [3.63, 3.8) is 0 Å². The molecule has 0 N–H and O–H groups in total. The zero-order valence-corrected chi connectivity index (χ0v) is 19.7. The second kappa shape index (κ2) is 11.0. The van der Waals surface area contributed by atoms with Gasteiger partial charge < -0.3 is 18.6 Å². The van der Waals surface area contributed by atoms with Crippen LogP contribution in [0, 0.1) is 11.3 Å². The molecule has 4 rings (SSSR count). The molecular weight excluding hydrogens is 434 g/mol. The van der Waals surface area contributed by atoms with E-state index in [4.69, 9.17) is 18.9 Å². The molecule has 7 heteroatoms. The molecule has 1 heterocycles. The maximum atomic E-state index is 8.88. The van der Waals surface area contributed by atoms with Crippen LogP contribution in [0.4, 0.5) is 5.69 Å². The number of hydrogen-bond acceptors (Lipinski definition) is 7. The maximum Gasteiger partial charge on any atom is 0.161 e. The van der Waals surface area contributed by atoms with Gasteiger partial charge in [0.05, 0.1) is 37.9 Å². The van der Waals surface area contributed by atoms with Crippen molar-refractivity contribution < 1.29 is 13.7 Å². The molecule has 33 heavy (non-hydrogen) atoms. The van der Waals surface area contributed by atoms with E-state index >= 15 is 0 Å². The number of benzene rings is 3. The number of hydrogen-bond donors (Lipinski definition) is 0. The molecule has 0 bridgehead atoms. The van der Waals surface area contributed by atoms with E-state index in [1.54, 1.807) is 26.4 Å². The largest absolute Gasteiger partial charge is 0.493 e. The first-order valence-electron chi connectivity index (χ1n) is 10.8. The summed E-state index contributed by atoms with van der Waals surface area (Å²) in [7, 11) is 3.33. The third-order valence-corrected chi connectivity index (χ3v) is 6.39. The Kier molecular flexibility index (Phi) is 7.61. The first kappa shape index (κ1) is 22.8. The number of methoxy groups -OCH3 is 2. The summed E-state index contributed by atoms with van der Waals surface area (Å²) in [5.41, 5.74) is 3.08. The van der Waals surface area contributed by atoms with E-state index in [2.05, 4.69) is 40.1 Å². The third-order valence-electron chi connectivity index (χ3n) is 5.65. The van der Waals surface area contributed by atoms with E-state index in [9.17, 15) is 0 Å². The molecule has 0 unspecified atom stereocenters. The van der Waals surface area contributed by atoms with Gasteiger partial charge in [-0.1, -0.05) is 6.07 Å². The van der Waals surface area contributed by atoms with Gasteiger partial charge >= 0.3 is 0 Å². The number of piperazine rings is 1. The predicted octanol–water partition coefficient (Wildman–Crippen LogP) is 4.98. The van der Waals surface area contributed by atoms with Gasteiger partial charge in [0.2, 0.25) is 0 Å².